The molecular weight excluding hydrogens is 224 g/mol. The minimum absolute atomic E-state index is 0.423. The topological polar surface area (TPSA) is 47.1 Å². The average molecular weight is 248 g/mol. The van der Waals surface area contributed by atoms with E-state index in [-0.39, 0.29) is 0 Å². The number of rotatable bonds is 3. The fourth-order valence-corrected chi connectivity index (χ4v) is 3.51. The van der Waals surface area contributed by atoms with Crippen molar-refractivity contribution < 1.29 is 0 Å². The van der Waals surface area contributed by atoms with Crippen LogP contribution in [0.15, 0.2) is 12.3 Å². The van der Waals surface area contributed by atoms with Gasteiger partial charge in [0.2, 0.25) is 0 Å². The van der Waals surface area contributed by atoms with Crippen molar-refractivity contribution in [2.24, 2.45) is 5.73 Å². The molecule has 0 radical (unpaired) electrons. The molecule has 0 aromatic carbocycles. The zero-order valence-electron chi connectivity index (χ0n) is 11.4. The largest absolute Gasteiger partial charge is 0.328 e. The zero-order valence-corrected chi connectivity index (χ0v) is 11.4. The van der Waals surface area contributed by atoms with E-state index in [1.807, 2.05) is 4.68 Å². The lowest BCUT2D eigenvalue weighted by atomic mass is 9.98. The Kier molecular flexibility index (Phi) is 3.16. The SMILES string of the molecule is CC(C)n1ccc(CN2C3CCC2CC(N)C3)n1. The molecule has 2 atom stereocenters. The number of nitrogens with two attached hydrogens (primary N) is 1. The van der Waals surface area contributed by atoms with E-state index in [9.17, 15) is 0 Å². The maximum Gasteiger partial charge on any atom is 0.0765 e. The first-order valence-corrected chi connectivity index (χ1v) is 7.19. The molecule has 2 N–H and O–H groups in total. The van der Waals surface area contributed by atoms with Crippen molar-refractivity contribution in [3.05, 3.63) is 18.0 Å². The minimum atomic E-state index is 0.423. The molecule has 2 saturated heterocycles. The van der Waals surface area contributed by atoms with Crippen LogP contribution in [0.25, 0.3) is 0 Å². The maximum absolute atomic E-state index is 6.11. The Labute approximate surface area is 109 Å². The maximum atomic E-state index is 6.11. The second-order valence-electron chi connectivity index (χ2n) is 6.17. The summed E-state index contributed by atoms with van der Waals surface area (Å²) in [7, 11) is 0. The molecule has 18 heavy (non-hydrogen) atoms. The van der Waals surface area contributed by atoms with Gasteiger partial charge in [-0.25, -0.2) is 0 Å². The van der Waals surface area contributed by atoms with Crippen molar-refractivity contribution in [1.82, 2.24) is 14.7 Å². The highest BCUT2D eigenvalue weighted by Gasteiger charge is 2.39. The Morgan fingerprint density at radius 1 is 1.33 bits per heavy atom. The van der Waals surface area contributed by atoms with Crippen LogP contribution in [0.4, 0.5) is 0 Å². The molecule has 4 heteroatoms. The van der Waals surface area contributed by atoms with Crippen LogP contribution >= 0.6 is 0 Å². The summed E-state index contributed by atoms with van der Waals surface area (Å²) in [5.41, 5.74) is 7.31. The second kappa shape index (κ2) is 4.67. The lowest BCUT2D eigenvalue weighted by Gasteiger charge is -2.37. The van der Waals surface area contributed by atoms with Gasteiger partial charge in [-0.05, 0) is 45.6 Å². The summed E-state index contributed by atoms with van der Waals surface area (Å²) in [6, 6.07) is 4.43. The van der Waals surface area contributed by atoms with E-state index in [2.05, 4.69) is 36.1 Å². The van der Waals surface area contributed by atoms with Crippen molar-refractivity contribution in [1.29, 1.82) is 0 Å². The Hall–Kier alpha value is -0.870. The Morgan fingerprint density at radius 3 is 2.56 bits per heavy atom. The first kappa shape index (κ1) is 12.2. The predicted molar refractivity (Wildman–Crippen MR) is 72.2 cm³/mol. The van der Waals surface area contributed by atoms with Gasteiger partial charge in [0.25, 0.3) is 0 Å². The van der Waals surface area contributed by atoms with Crippen LogP contribution in [-0.4, -0.2) is 32.8 Å². The van der Waals surface area contributed by atoms with E-state index in [0.717, 1.165) is 6.54 Å². The molecule has 1 aromatic heterocycles. The van der Waals surface area contributed by atoms with Gasteiger partial charge in [-0.15, -0.1) is 0 Å². The van der Waals surface area contributed by atoms with E-state index in [1.54, 1.807) is 0 Å². The monoisotopic (exact) mass is 248 g/mol. The van der Waals surface area contributed by atoms with Gasteiger partial charge in [-0.2, -0.15) is 5.10 Å². The molecule has 0 amide bonds. The Morgan fingerprint density at radius 2 is 2.00 bits per heavy atom. The quantitative estimate of drug-likeness (QED) is 0.889. The van der Waals surface area contributed by atoms with Crippen molar-refractivity contribution in [3.63, 3.8) is 0 Å². The summed E-state index contributed by atoms with van der Waals surface area (Å²) in [5, 5.41) is 4.66. The Balaban J connectivity index is 1.69. The standard InChI is InChI=1S/C14H24N4/c1-10(2)18-6-5-12(16-18)9-17-13-3-4-14(17)8-11(15)7-13/h5-6,10-11,13-14H,3-4,7-9,15H2,1-2H3. The second-order valence-corrected chi connectivity index (χ2v) is 6.17. The van der Waals surface area contributed by atoms with Gasteiger partial charge in [0.1, 0.15) is 0 Å². The van der Waals surface area contributed by atoms with Crippen LogP contribution in [0, 0.1) is 0 Å². The Bertz CT molecular complexity index is 398. The molecule has 2 aliphatic heterocycles. The minimum Gasteiger partial charge on any atom is -0.328 e. The van der Waals surface area contributed by atoms with Crippen molar-refractivity contribution >= 4 is 0 Å². The third-order valence-corrected chi connectivity index (χ3v) is 4.46. The van der Waals surface area contributed by atoms with E-state index in [0.29, 0.717) is 24.2 Å². The normalized spacial score (nSPS) is 32.3. The van der Waals surface area contributed by atoms with E-state index in [1.165, 1.54) is 31.4 Å². The van der Waals surface area contributed by atoms with Crippen molar-refractivity contribution in [2.45, 2.75) is 70.2 Å². The molecule has 4 nitrogen and oxygen atoms in total. The smallest absolute Gasteiger partial charge is 0.0765 e. The van der Waals surface area contributed by atoms with Crippen LogP contribution in [0.1, 0.15) is 51.3 Å². The number of nitrogens with zero attached hydrogens (tertiary/aromatic N) is 3. The lowest BCUT2D eigenvalue weighted by Crippen LogP contribution is -2.46. The third kappa shape index (κ3) is 2.19. The molecule has 100 valence electrons. The number of fused-ring (bicyclic) bond motifs is 2. The summed E-state index contributed by atoms with van der Waals surface area (Å²) in [5.74, 6) is 0. The van der Waals surface area contributed by atoms with Gasteiger partial charge in [-0.3, -0.25) is 9.58 Å². The summed E-state index contributed by atoms with van der Waals surface area (Å²) >= 11 is 0. The molecule has 2 aliphatic rings. The fraction of sp³-hybridized carbons (Fsp3) is 0.786. The number of hydrogen-bond donors (Lipinski definition) is 1. The lowest BCUT2D eigenvalue weighted by molar-refractivity contribution is 0.118. The molecule has 2 bridgehead atoms. The molecule has 0 aliphatic carbocycles. The van der Waals surface area contributed by atoms with Gasteiger partial charge in [-0.1, -0.05) is 0 Å². The van der Waals surface area contributed by atoms with E-state index in [4.69, 9.17) is 5.73 Å². The molecule has 2 unspecified atom stereocenters. The molecule has 0 spiro atoms. The van der Waals surface area contributed by atoms with Gasteiger partial charge in [0, 0.05) is 36.9 Å². The highest BCUT2D eigenvalue weighted by molar-refractivity contribution is 5.04. The summed E-state index contributed by atoms with van der Waals surface area (Å²) in [4.78, 5) is 2.64. The van der Waals surface area contributed by atoms with Crippen molar-refractivity contribution in [2.75, 3.05) is 0 Å². The van der Waals surface area contributed by atoms with E-state index < -0.39 is 0 Å². The predicted octanol–water partition coefficient (Wildman–Crippen LogP) is 1.92. The zero-order chi connectivity index (χ0) is 12.7. The fourth-order valence-electron chi connectivity index (χ4n) is 3.51. The van der Waals surface area contributed by atoms with Gasteiger partial charge < -0.3 is 5.73 Å². The summed E-state index contributed by atoms with van der Waals surface area (Å²) < 4.78 is 2.05. The van der Waals surface area contributed by atoms with Crippen LogP contribution in [0.2, 0.25) is 0 Å². The number of piperidine rings is 1. The van der Waals surface area contributed by atoms with Crippen molar-refractivity contribution in [3.8, 4) is 0 Å². The van der Waals surface area contributed by atoms with Gasteiger partial charge in [0.05, 0.1) is 5.69 Å². The molecule has 2 fully saturated rings. The van der Waals surface area contributed by atoms with Gasteiger partial charge in [0.15, 0.2) is 0 Å². The molecular formula is C14H24N4. The highest BCUT2D eigenvalue weighted by atomic mass is 15.3. The molecule has 0 saturated carbocycles. The van der Waals surface area contributed by atoms with Crippen LogP contribution < -0.4 is 5.73 Å². The third-order valence-electron chi connectivity index (χ3n) is 4.46. The molecule has 1 aromatic rings. The highest BCUT2D eigenvalue weighted by Crippen LogP contribution is 2.35. The van der Waals surface area contributed by atoms with E-state index >= 15 is 0 Å². The summed E-state index contributed by atoms with van der Waals surface area (Å²) in [6.07, 6.45) is 7.08. The molecule has 3 rings (SSSR count). The van der Waals surface area contributed by atoms with Crippen LogP contribution in [0.5, 0.6) is 0 Å². The summed E-state index contributed by atoms with van der Waals surface area (Å²) in [6.45, 7) is 5.34. The van der Waals surface area contributed by atoms with Gasteiger partial charge >= 0.3 is 0 Å². The van der Waals surface area contributed by atoms with Crippen LogP contribution in [-0.2, 0) is 6.54 Å². The first-order valence-electron chi connectivity index (χ1n) is 7.19. The molecule has 3 heterocycles. The number of hydrogen-bond acceptors (Lipinski definition) is 3. The van der Waals surface area contributed by atoms with Crippen LogP contribution in [0.3, 0.4) is 0 Å². The average Bonchev–Trinajstić information content (AvgIpc) is 2.85. The number of aromatic nitrogens is 2. The first-order chi connectivity index (χ1) is 8.63.